The number of pyridine rings is 1. The summed E-state index contributed by atoms with van der Waals surface area (Å²) in [5.41, 5.74) is 0.780. The second-order valence-corrected chi connectivity index (χ2v) is 7.04. The van der Waals surface area contributed by atoms with Gasteiger partial charge in [-0.1, -0.05) is 58.5 Å². The maximum Gasteiger partial charge on any atom is 0.272 e. The molecule has 1 amide bonds. The van der Waals surface area contributed by atoms with E-state index in [0.717, 1.165) is 5.56 Å². The van der Waals surface area contributed by atoms with Gasteiger partial charge in [-0.3, -0.25) is 4.79 Å². The van der Waals surface area contributed by atoms with Gasteiger partial charge in [-0.05, 0) is 17.7 Å². The van der Waals surface area contributed by atoms with E-state index >= 15 is 0 Å². The highest BCUT2D eigenvalue weighted by Gasteiger charge is 2.24. The minimum atomic E-state index is -0.535. The minimum Gasteiger partial charge on any atom is -0.337 e. The van der Waals surface area contributed by atoms with E-state index in [0.29, 0.717) is 10.8 Å². The number of imidazole rings is 1. The van der Waals surface area contributed by atoms with Gasteiger partial charge in [-0.2, -0.15) is 0 Å². The van der Waals surface area contributed by atoms with Crippen LogP contribution in [0.4, 0.5) is 0 Å². The van der Waals surface area contributed by atoms with E-state index < -0.39 is 11.9 Å². The summed E-state index contributed by atoms with van der Waals surface area (Å²) in [4.78, 5) is 21.1. The van der Waals surface area contributed by atoms with Gasteiger partial charge < -0.3 is 9.88 Å². The molecule has 1 aromatic carbocycles. The quantitative estimate of drug-likeness (QED) is 0.638. The van der Waals surface area contributed by atoms with Crippen LogP contribution >= 0.6 is 46.4 Å². The number of nitrogens with one attached hydrogen (secondary N) is 1. The molecule has 1 unspecified atom stereocenters. The molecular formula is C17H12Cl4N4O. The first-order chi connectivity index (χ1) is 12.4. The molecule has 1 N–H and O–H groups in total. The molecule has 2 aromatic heterocycles. The summed E-state index contributed by atoms with van der Waals surface area (Å²) in [5.74, 6) is 0.133. The Balaban J connectivity index is 1.99. The van der Waals surface area contributed by atoms with E-state index in [1.54, 1.807) is 24.5 Å². The van der Waals surface area contributed by atoms with Gasteiger partial charge in [-0.15, -0.1) is 0 Å². The SMILES string of the molecule is Cn1ccnc1C(NC(=O)c1ncc(Cl)c(Cl)c1Cl)c1ccc(Cl)cc1. The molecule has 3 aromatic rings. The molecule has 0 radical (unpaired) electrons. The van der Waals surface area contributed by atoms with Crippen molar-refractivity contribution in [1.29, 1.82) is 0 Å². The van der Waals surface area contributed by atoms with Crippen molar-refractivity contribution in [2.45, 2.75) is 6.04 Å². The van der Waals surface area contributed by atoms with Gasteiger partial charge in [-0.25, -0.2) is 9.97 Å². The zero-order valence-electron chi connectivity index (χ0n) is 13.4. The van der Waals surface area contributed by atoms with Gasteiger partial charge >= 0.3 is 0 Å². The van der Waals surface area contributed by atoms with E-state index in [2.05, 4.69) is 15.3 Å². The molecule has 0 spiro atoms. The summed E-state index contributed by atoms with van der Waals surface area (Å²) in [6, 6.07) is 6.57. The van der Waals surface area contributed by atoms with E-state index in [9.17, 15) is 4.79 Å². The Labute approximate surface area is 169 Å². The van der Waals surface area contributed by atoms with Crippen LogP contribution in [-0.2, 0) is 7.05 Å². The first-order valence-electron chi connectivity index (χ1n) is 7.41. The Hall–Kier alpha value is -1.79. The number of aryl methyl sites for hydroxylation is 1. The van der Waals surface area contributed by atoms with E-state index in [1.165, 1.54) is 6.20 Å². The van der Waals surface area contributed by atoms with Gasteiger partial charge in [0.1, 0.15) is 17.6 Å². The van der Waals surface area contributed by atoms with Crippen molar-refractivity contribution in [2.75, 3.05) is 0 Å². The number of benzene rings is 1. The lowest BCUT2D eigenvalue weighted by Crippen LogP contribution is -2.32. The molecule has 0 aliphatic rings. The van der Waals surface area contributed by atoms with Crippen LogP contribution in [0.2, 0.25) is 20.1 Å². The van der Waals surface area contributed by atoms with Crippen molar-refractivity contribution in [1.82, 2.24) is 19.9 Å². The average molecular weight is 430 g/mol. The highest BCUT2D eigenvalue weighted by molar-refractivity contribution is 6.48. The van der Waals surface area contributed by atoms with Crippen molar-refractivity contribution >= 4 is 52.3 Å². The molecule has 0 saturated heterocycles. The minimum absolute atomic E-state index is 0.00800. The topological polar surface area (TPSA) is 59.8 Å². The number of nitrogens with zero attached hydrogens (tertiary/aromatic N) is 3. The lowest BCUT2D eigenvalue weighted by atomic mass is 10.1. The number of amides is 1. The third-order valence-electron chi connectivity index (χ3n) is 3.73. The van der Waals surface area contributed by atoms with Gasteiger partial charge in [0.2, 0.25) is 0 Å². The normalized spacial score (nSPS) is 12.0. The Bertz CT molecular complexity index is 956. The first kappa shape index (κ1) is 19.0. The molecule has 0 fully saturated rings. The second kappa shape index (κ2) is 7.84. The highest BCUT2D eigenvalue weighted by Crippen LogP contribution is 2.31. The second-order valence-electron chi connectivity index (χ2n) is 5.44. The van der Waals surface area contributed by atoms with Crippen molar-refractivity contribution in [3.05, 3.63) is 80.0 Å². The molecular weight excluding hydrogens is 418 g/mol. The molecule has 1 atom stereocenters. The van der Waals surface area contributed by atoms with Crippen LogP contribution in [0.1, 0.15) is 27.9 Å². The fourth-order valence-corrected chi connectivity index (χ4v) is 3.10. The molecule has 9 heteroatoms. The van der Waals surface area contributed by atoms with E-state index in [-0.39, 0.29) is 20.8 Å². The summed E-state index contributed by atoms with van der Waals surface area (Å²) < 4.78 is 1.81. The Morgan fingerprint density at radius 2 is 1.77 bits per heavy atom. The molecule has 0 bridgehead atoms. The average Bonchev–Trinajstić information content (AvgIpc) is 3.04. The van der Waals surface area contributed by atoms with Crippen LogP contribution in [0, 0.1) is 0 Å². The van der Waals surface area contributed by atoms with E-state index in [4.69, 9.17) is 46.4 Å². The van der Waals surface area contributed by atoms with Crippen LogP contribution in [-0.4, -0.2) is 20.4 Å². The standard InChI is InChI=1S/C17H12Cl4N4O/c1-25-7-6-22-16(25)14(9-2-4-10(18)5-3-9)24-17(26)15-13(21)12(20)11(19)8-23-15/h2-8,14H,1H3,(H,24,26). The first-order valence-corrected chi connectivity index (χ1v) is 8.92. The maximum absolute atomic E-state index is 12.8. The van der Waals surface area contributed by atoms with Crippen molar-refractivity contribution in [3.63, 3.8) is 0 Å². The summed E-state index contributed by atoms with van der Waals surface area (Å²) in [5, 5.41) is 3.72. The van der Waals surface area contributed by atoms with Crippen molar-refractivity contribution < 1.29 is 4.79 Å². The number of halogens is 4. The zero-order valence-corrected chi connectivity index (χ0v) is 16.4. The molecule has 5 nitrogen and oxygen atoms in total. The summed E-state index contributed by atoms with van der Waals surface area (Å²) in [7, 11) is 1.84. The van der Waals surface area contributed by atoms with Crippen LogP contribution in [0.15, 0.2) is 42.9 Å². The Morgan fingerprint density at radius 1 is 1.08 bits per heavy atom. The van der Waals surface area contributed by atoms with Crippen molar-refractivity contribution in [3.8, 4) is 0 Å². The predicted molar refractivity (Wildman–Crippen MR) is 103 cm³/mol. The largest absolute Gasteiger partial charge is 0.337 e. The lowest BCUT2D eigenvalue weighted by Gasteiger charge is -2.19. The molecule has 0 aliphatic heterocycles. The van der Waals surface area contributed by atoms with Gasteiger partial charge in [0, 0.05) is 30.7 Å². The number of hydrogen-bond donors (Lipinski definition) is 1. The number of carbonyl (C=O) groups excluding carboxylic acids is 1. The van der Waals surface area contributed by atoms with Crippen LogP contribution in [0.3, 0.4) is 0 Å². The smallest absolute Gasteiger partial charge is 0.272 e. The monoisotopic (exact) mass is 428 g/mol. The fraction of sp³-hybridized carbons (Fsp3) is 0.118. The zero-order chi connectivity index (χ0) is 18.8. The van der Waals surface area contributed by atoms with E-state index in [1.807, 2.05) is 23.7 Å². The van der Waals surface area contributed by atoms with Gasteiger partial charge in [0.15, 0.2) is 0 Å². The number of hydrogen-bond acceptors (Lipinski definition) is 3. The Kier molecular flexibility index (Phi) is 5.73. The number of aromatic nitrogens is 3. The van der Waals surface area contributed by atoms with Crippen LogP contribution in [0.5, 0.6) is 0 Å². The van der Waals surface area contributed by atoms with Crippen molar-refractivity contribution in [2.24, 2.45) is 7.05 Å². The molecule has 2 heterocycles. The third kappa shape index (κ3) is 3.81. The molecule has 0 aliphatic carbocycles. The maximum atomic E-state index is 12.8. The van der Waals surface area contributed by atoms with Gasteiger partial charge in [0.05, 0.1) is 15.1 Å². The Morgan fingerprint density at radius 3 is 2.38 bits per heavy atom. The van der Waals surface area contributed by atoms with Crippen LogP contribution in [0.25, 0.3) is 0 Å². The third-order valence-corrected chi connectivity index (χ3v) is 5.22. The predicted octanol–water partition coefficient (Wildman–Crippen LogP) is 4.95. The summed E-state index contributed by atoms with van der Waals surface area (Å²) in [6.45, 7) is 0. The molecule has 134 valence electrons. The number of rotatable bonds is 4. The van der Waals surface area contributed by atoms with Gasteiger partial charge in [0.25, 0.3) is 5.91 Å². The fourth-order valence-electron chi connectivity index (χ4n) is 2.41. The molecule has 26 heavy (non-hydrogen) atoms. The molecule has 3 rings (SSSR count). The number of carbonyl (C=O) groups is 1. The summed E-state index contributed by atoms with van der Waals surface area (Å²) in [6.07, 6.45) is 4.71. The summed E-state index contributed by atoms with van der Waals surface area (Å²) >= 11 is 24.0. The molecule has 0 saturated carbocycles. The lowest BCUT2D eigenvalue weighted by molar-refractivity contribution is 0.0936. The highest BCUT2D eigenvalue weighted by atomic mass is 35.5. The van der Waals surface area contributed by atoms with Crippen LogP contribution < -0.4 is 5.32 Å².